The van der Waals surface area contributed by atoms with Crippen LogP contribution in [0.4, 0.5) is 5.69 Å². The van der Waals surface area contributed by atoms with E-state index in [1.807, 2.05) is 67.2 Å². The monoisotopic (exact) mass is 459 g/mol. The summed E-state index contributed by atoms with van der Waals surface area (Å²) in [4.78, 5) is 16.9. The molecule has 9 heteroatoms. The van der Waals surface area contributed by atoms with E-state index < -0.39 is 0 Å². The van der Waals surface area contributed by atoms with Crippen molar-refractivity contribution in [3.05, 3.63) is 66.2 Å². The van der Waals surface area contributed by atoms with E-state index >= 15 is 0 Å². The van der Waals surface area contributed by atoms with Gasteiger partial charge in [0.2, 0.25) is 5.91 Å². The van der Waals surface area contributed by atoms with E-state index in [1.54, 1.807) is 18.0 Å². The van der Waals surface area contributed by atoms with Gasteiger partial charge in [0.05, 0.1) is 22.8 Å². The fourth-order valence-corrected chi connectivity index (χ4v) is 4.75. The molecule has 5 rings (SSSR count). The van der Waals surface area contributed by atoms with Crippen molar-refractivity contribution in [1.82, 2.24) is 29.5 Å². The highest BCUT2D eigenvalue weighted by Gasteiger charge is 2.30. The standard InChI is InChI=1S/C24H25N7OS/c1-16-22(17(2)31(29-16)20-8-4-3-5-9-20)26-21(32)12-14-33-24-28-27-23(30(24)19-10-11-19)18-7-6-13-25-15-18/h3-9,13,15,19H,10-12,14H2,1-2H3,(H,26,32). The van der Waals surface area contributed by atoms with Crippen LogP contribution in [0, 0.1) is 13.8 Å². The van der Waals surface area contributed by atoms with Crippen LogP contribution in [0.15, 0.2) is 60.0 Å². The first kappa shape index (κ1) is 21.4. The Balaban J connectivity index is 1.24. The number of aryl methyl sites for hydroxylation is 1. The highest BCUT2D eigenvalue weighted by Crippen LogP contribution is 2.41. The fourth-order valence-electron chi connectivity index (χ4n) is 3.81. The van der Waals surface area contributed by atoms with E-state index in [-0.39, 0.29) is 5.91 Å². The van der Waals surface area contributed by atoms with E-state index in [1.165, 1.54) is 0 Å². The SMILES string of the molecule is Cc1nn(-c2ccccc2)c(C)c1NC(=O)CCSc1nnc(-c2cccnc2)n1C1CC1. The van der Waals surface area contributed by atoms with Crippen LogP contribution in [0.25, 0.3) is 17.1 Å². The second kappa shape index (κ2) is 9.19. The Labute approximate surface area is 196 Å². The Bertz CT molecular complexity index is 1260. The highest BCUT2D eigenvalue weighted by atomic mass is 32.2. The van der Waals surface area contributed by atoms with Crippen molar-refractivity contribution in [2.45, 2.75) is 44.3 Å². The molecule has 33 heavy (non-hydrogen) atoms. The van der Waals surface area contributed by atoms with Crippen molar-refractivity contribution in [3.63, 3.8) is 0 Å². The third-order valence-electron chi connectivity index (χ3n) is 5.61. The number of anilines is 1. The molecule has 168 valence electrons. The lowest BCUT2D eigenvalue weighted by Gasteiger charge is -2.09. The molecule has 1 fully saturated rings. The summed E-state index contributed by atoms with van der Waals surface area (Å²) >= 11 is 1.57. The van der Waals surface area contributed by atoms with Crippen molar-refractivity contribution in [2.24, 2.45) is 0 Å². The normalized spacial score (nSPS) is 13.3. The second-order valence-corrected chi connectivity index (χ2v) is 9.15. The molecule has 0 unspecified atom stereocenters. The topological polar surface area (TPSA) is 90.5 Å². The summed E-state index contributed by atoms with van der Waals surface area (Å²) in [6.45, 7) is 3.88. The molecule has 1 aliphatic carbocycles. The highest BCUT2D eigenvalue weighted by molar-refractivity contribution is 7.99. The molecule has 0 spiro atoms. The number of pyridine rings is 1. The zero-order valence-electron chi connectivity index (χ0n) is 18.6. The minimum absolute atomic E-state index is 0.0359. The van der Waals surface area contributed by atoms with Gasteiger partial charge in [-0.3, -0.25) is 14.3 Å². The van der Waals surface area contributed by atoms with Crippen LogP contribution >= 0.6 is 11.8 Å². The molecule has 1 aromatic carbocycles. The van der Waals surface area contributed by atoms with E-state index in [0.29, 0.717) is 18.2 Å². The molecule has 4 aromatic rings. The zero-order chi connectivity index (χ0) is 22.8. The van der Waals surface area contributed by atoms with Gasteiger partial charge in [-0.1, -0.05) is 30.0 Å². The van der Waals surface area contributed by atoms with Gasteiger partial charge in [0.25, 0.3) is 0 Å². The lowest BCUT2D eigenvalue weighted by atomic mass is 10.3. The van der Waals surface area contributed by atoms with Gasteiger partial charge in [0.1, 0.15) is 0 Å². The Morgan fingerprint density at radius 1 is 1.12 bits per heavy atom. The van der Waals surface area contributed by atoms with Gasteiger partial charge >= 0.3 is 0 Å². The maximum Gasteiger partial charge on any atom is 0.225 e. The van der Waals surface area contributed by atoms with Crippen molar-refractivity contribution in [1.29, 1.82) is 0 Å². The number of rotatable bonds is 8. The van der Waals surface area contributed by atoms with Crippen LogP contribution < -0.4 is 5.32 Å². The Morgan fingerprint density at radius 3 is 2.67 bits per heavy atom. The molecule has 1 aliphatic rings. The zero-order valence-corrected chi connectivity index (χ0v) is 19.4. The number of hydrogen-bond acceptors (Lipinski definition) is 6. The van der Waals surface area contributed by atoms with Gasteiger partial charge in [-0.15, -0.1) is 10.2 Å². The predicted octanol–water partition coefficient (Wildman–Crippen LogP) is 4.60. The molecular weight excluding hydrogens is 434 g/mol. The summed E-state index contributed by atoms with van der Waals surface area (Å²) in [6.07, 6.45) is 6.19. The van der Waals surface area contributed by atoms with Crippen molar-refractivity contribution < 1.29 is 4.79 Å². The van der Waals surface area contributed by atoms with Crippen molar-refractivity contribution >= 4 is 23.4 Å². The number of aromatic nitrogens is 6. The van der Waals surface area contributed by atoms with E-state index in [2.05, 4.69) is 30.2 Å². The van der Waals surface area contributed by atoms with Gasteiger partial charge in [0.15, 0.2) is 11.0 Å². The van der Waals surface area contributed by atoms with Crippen LogP contribution in [0.5, 0.6) is 0 Å². The van der Waals surface area contributed by atoms with Gasteiger partial charge in [0, 0.05) is 36.2 Å². The number of thioether (sulfide) groups is 1. The first-order valence-electron chi connectivity index (χ1n) is 11.0. The number of para-hydroxylation sites is 1. The summed E-state index contributed by atoms with van der Waals surface area (Å²) in [5.41, 5.74) is 4.41. The lowest BCUT2D eigenvalue weighted by molar-refractivity contribution is -0.115. The van der Waals surface area contributed by atoms with Crippen molar-refractivity contribution in [2.75, 3.05) is 11.1 Å². The van der Waals surface area contributed by atoms with Crippen LogP contribution in [0.2, 0.25) is 0 Å². The minimum atomic E-state index is -0.0359. The summed E-state index contributed by atoms with van der Waals surface area (Å²) in [6, 6.07) is 14.2. The van der Waals surface area contributed by atoms with E-state index in [0.717, 1.165) is 52.1 Å². The van der Waals surface area contributed by atoms with Crippen LogP contribution in [0.1, 0.15) is 36.7 Å². The summed E-state index contributed by atoms with van der Waals surface area (Å²) in [7, 11) is 0. The molecule has 3 aromatic heterocycles. The fraction of sp³-hybridized carbons (Fsp3) is 0.292. The molecule has 1 N–H and O–H groups in total. The number of nitrogens with zero attached hydrogens (tertiary/aromatic N) is 6. The molecule has 0 aliphatic heterocycles. The number of carbonyl (C=O) groups excluding carboxylic acids is 1. The average Bonchev–Trinajstić information content (AvgIpc) is 3.54. The van der Waals surface area contributed by atoms with E-state index in [9.17, 15) is 4.79 Å². The Hall–Kier alpha value is -3.46. The Kier molecular flexibility index (Phi) is 5.95. The third-order valence-corrected chi connectivity index (χ3v) is 6.56. The Morgan fingerprint density at radius 2 is 1.94 bits per heavy atom. The lowest BCUT2D eigenvalue weighted by Crippen LogP contribution is -2.13. The first-order valence-corrected chi connectivity index (χ1v) is 12.0. The van der Waals surface area contributed by atoms with Gasteiger partial charge in [-0.25, -0.2) is 4.68 Å². The number of benzene rings is 1. The minimum Gasteiger partial charge on any atom is -0.323 e. The molecule has 1 saturated carbocycles. The van der Waals surface area contributed by atoms with Crippen LogP contribution in [0.3, 0.4) is 0 Å². The average molecular weight is 460 g/mol. The van der Waals surface area contributed by atoms with Gasteiger partial charge in [-0.2, -0.15) is 5.10 Å². The van der Waals surface area contributed by atoms with E-state index in [4.69, 9.17) is 0 Å². The van der Waals surface area contributed by atoms with Gasteiger partial charge < -0.3 is 5.32 Å². The summed E-state index contributed by atoms with van der Waals surface area (Å²) in [5.74, 6) is 1.43. The molecule has 8 nitrogen and oxygen atoms in total. The predicted molar refractivity (Wildman–Crippen MR) is 129 cm³/mol. The molecule has 1 amide bonds. The third kappa shape index (κ3) is 4.54. The van der Waals surface area contributed by atoms with Crippen LogP contribution in [-0.2, 0) is 4.79 Å². The molecule has 0 atom stereocenters. The maximum atomic E-state index is 12.7. The summed E-state index contributed by atoms with van der Waals surface area (Å²) in [5, 5.41) is 17.3. The molecule has 3 heterocycles. The molecule has 0 bridgehead atoms. The van der Waals surface area contributed by atoms with Crippen molar-refractivity contribution in [3.8, 4) is 17.1 Å². The summed E-state index contributed by atoms with van der Waals surface area (Å²) < 4.78 is 4.05. The number of carbonyl (C=O) groups is 1. The largest absolute Gasteiger partial charge is 0.323 e. The smallest absolute Gasteiger partial charge is 0.225 e. The molecular formula is C24H25N7OS. The maximum absolute atomic E-state index is 12.7. The second-order valence-electron chi connectivity index (χ2n) is 8.09. The van der Waals surface area contributed by atoms with Gasteiger partial charge in [-0.05, 0) is 51.0 Å². The number of amides is 1. The molecule has 0 radical (unpaired) electrons. The number of nitrogens with one attached hydrogen (secondary N) is 1. The quantitative estimate of drug-likeness (QED) is 0.387. The first-order chi connectivity index (χ1) is 16.1. The molecule has 0 saturated heterocycles. The van der Waals surface area contributed by atoms with Crippen LogP contribution in [-0.4, -0.2) is 41.2 Å². The number of hydrogen-bond donors (Lipinski definition) is 1.